The number of allylic oxidation sites excluding steroid dienone is 2. The van der Waals surface area contributed by atoms with Gasteiger partial charge in [0, 0.05) is 28.2 Å². The number of sulfonamides is 1. The second kappa shape index (κ2) is 7.91. The van der Waals surface area contributed by atoms with Crippen LogP contribution in [0.1, 0.15) is 26.1 Å². The number of nitrogens with zero attached hydrogens (tertiary/aromatic N) is 3. The normalized spacial score (nSPS) is 19.0. The number of aryl methyl sites for hydroxylation is 1. The first-order chi connectivity index (χ1) is 13.6. The second-order valence-electron chi connectivity index (χ2n) is 6.12. The van der Waals surface area contributed by atoms with E-state index in [4.69, 9.17) is 4.74 Å². The van der Waals surface area contributed by atoms with Gasteiger partial charge in [0.1, 0.15) is 10.7 Å². The van der Waals surface area contributed by atoms with Crippen molar-refractivity contribution in [1.82, 2.24) is 19.7 Å². The molecule has 1 unspecified atom stereocenters. The van der Waals surface area contributed by atoms with Gasteiger partial charge in [0.25, 0.3) is 10.0 Å². The van der Waals surface area contributed by atoms with Gasteiger partial charge in [0.05, 0.1) is 7.11 Å². The van der Waals surface area contributed by atoms with Crippen LogP contribution in [-0.2, 0) is 26.0 Å². The molecule has 13 heteroatoms. The lowest BCUT2D eigenvalue weighted by molar-refractivity contribution is -0.131. The summed E-state index contributed by atoms with van der Waals surface area (Å²) in [6.45, 7) is 3.59. The molecule has 0 saturated carbocycles. The first kappa shape index (κ1) is 20.9. The molecule has 0 spiro atoms. The smallest absolute Gasteiger partial charge is 0.335 e. The first-order valence-corrected chi connectivity index (χ1v) is 10.8. The van der Waals surface area contributed by atoms with E-state index in [0.717, 1.165) is 6.08 Å². The van der Waals surface area contributed by atoms with Crippen molar-refractivity contribution in [3.63, 3.8) is 0 Å². The van der Waals surface area contributed by atoms with Gasteiger partial charge in [-0.2, -0.15) is 15.0 Å². The topological polar surface area (TPSA) is 157 Å². The Kier molecular flexibility index (Phi) is 5.71. The van der Waals surface area contributed by atoms with Gasteiger partial charge in [-0.1, -0.05) is 13.8 Å². The molecule has 11 nitrogen and oxygen atoms in total. The maximum Gasteiger partial charge on any atom is 0.335 e. The summed E-state index contributed by atoms with van der Waals surface area (Å²) in [5.74, 6) is -1.52. The number of thioether (sulfide) groups is 1. The van der Waals surface area contributed by atoms with E-state index < -0.39 is 32.5 Å². The van der Waals surface area contributed by atoms with Crippen molar-refractivity contribution in [2.75, 3.05) is 12.4 Å². The Labute approximate surface area is 170 Å². The van der Waals surface area contributed by atoms with Crippen LogP contribution in [0.3, 0.4) is 0 Å². The highest BCUT2D eigenvalue weighted by molar-refractivity contribution is 8.06. The molecule has 3 rings (SSSR count). The minimum Gasteiger partial charge on any atom is -0.467 e. The zero-order valence-corrected chi connectivity index (χ0v) is 17.3. The number of hydrogen-bond donors (Lipinski definition) is 2. The van der Waals surface area contributed by atoms with Crippen molar-refractivity contribution in [1.29, 1.82) is 0 Å². The SMILES string of the molecule is CCc1nc(NC(=O)NS(=O)(=O)C2=CC(=O)C(=O)C3=C2SC(C)C3)nc(OC)n1. The van der Waals surface area contributed by atoms with E-state index in [1.807, 2.05) is 11.6 Å². The Bertz CT molecular complexity index is 1060. The average Bonchev–Trinajstić information content (AvgIpc) is 3.05. The lowest BCUT2D eigenvalue weighted by Gasteiger charge is -2.15. The summed E-state index contributed by atoms with van der Waals surface area (Å²) in [4.78, 5) is 47.7. The van der Waals surface area contributed by atoms with E-state index >= 15 is 0 Å². The molecule has 0 bridgehead atoms. The van der Waals surface area contributed by atoms with E-state index in [1.54, 1.807) is 6.92 Å². The Morgan fingerprint density at radius 1 is 1.31 bits per heavy atom. The highest BCUT2D eigenvalue weighted by Crippen LogP contribution is 2.45. The predicted octanol–water partition coefficient (Wildman–Crippen LogP) is 0.709. The zero-order chi connectivity index (χ0) is 21.3. The number of aromatic nitrogens is 3. The number of Topliss-reactive ketones (excluding diaryl/α,β-unsaturated/α-hetero) is 1. The summed E-state index contributed by atoms with van der Waals surface area (Å²) >= 11 is 1.17. The van der Waals surface area contributed by atoms with Crippen LogP contribution in [0.4, 0.5) is 10.7 Å². The first-order valence-electron chi connectivity index (χ1n) is 8.47. The molecule has 1 aliphatic heterocycles. The maximum atomic E-state index is 12.7. The Morgan fingerprint density at radius 3 is 2.69 bits per heavy atom. The number of urea groups is 1. The standard InChI is InChI=1S/C16H17N5O6S2/c1-4-11-17-14(20-16(18-11)27-3)19-15(24)21-29(25,26)10-6-9(22)12(23)8-5-7(2)28-13(8)10/h6-7H,4-5H2,1-3H3,(H2,17,18,19,20,21,24). The minimum atomic E-state index is -4.42. The van der Waals surface area contributed by atoms with E-state index in [9.17, 15) is 22.8 Å². The highest BCUT2D eigenvalue weighted by Gasteiger charge is 2.40. The van der Waals surface area contributed by atoms with Crippen molar-refractivity contribution in [3.8, 4) is 6.01 Å². The Morgan fingerprint density at radius 2 is 2.03 bits per heavy atom. The molecule has 29 heavy (non-hydrogen) atoms. The molecule has 2 N–H and O–H groups in total. The second-order valence-corrected chi connectivity index (χ2v) is 9.22. The number of amides is 2. The van der Waals surface area contributed by atoms with Crippen LogP contribution in [0.15, 0.2) is 21.5 Å². The molecule has 154 valence electrons. The van der Waals surface area contributed by atoms with Crippen molar-refractivity contribution in [2.45, 2.75) is 31.9 Å². The summed E-state index contributed by atoms with van der Waals surface area (Å²) in [6.07, 6.45) is 1.46. The molecule has 2 amide bonds. The molecule has 0 radical (unpaired) electrons. The minimum absolute atomic E-state index is 0.0414. The van der Waals surface area contributed by atoms with Crippen LogP contribution in [0.5, 0.6) is 6.01 Å². The molecule has 0 aromatic carbocycles. The summed E-state index contributed by atoms with van der Waals surface area (Å²) < 4.78 is 32.1. The van der Waals surface area contributed by atoms with E-state index in [-0.39, 0.29) is 34.1 Å². The third-order valence-corrected chi connectivity index (χ3v) is 6.73. The van der Waals surface area contributed by atoms with Gasteiger partial charge in [-0.05, 0) is 6.42 Å². The molecule has 1 aromatic heterocycles. The number of methoxy groups -OCH3 is 1. The fourth-order valence-electron chi connectivity index (χ4n) is 2.70. The van der Waals surface area contributed by atoms with Crippen molar-refractivity contribution >= 4 is 45.3 Å². The number of nitrogens with one attached hydrogen (secondary N) is 2. The van der Waals surface area contributed by atoms with Crippen LogP contribution in [0.2, 0.25) is 0 Å². The molecular weight excluding hydrogens is 422 g/mol. The number of carbonyl (C=O) groups excluding carboxylic acids is 3. The molecule has 1 atom stereocenters. The van der Waals surface area contributed by atoms with E-state index in [2.05, 4.69) is 20.3 Å². The summed E-state index contributed by atoms with van der Waals surface area (Å²) in [6, 6.07) is -1.18. The van der Waals surface area contributed by atoms with Crippen molar-refractivity contribution < 1.29 is 27.5 Å². The number of hydrogen-bond acceptors (Lipinski definition) is 10. The fraction of sp³-hybridized carbons (Fsp3) is 0.375. The molecule has 0 saturated heterocycles. The monoisotopic (exact) mass is 439 g/mol. The van der Waals surface area contributed by atoms with E-state index in [1.165, 1.54) is 18.9 Å². The number of anilines is 1. The molecular formula is C16H17N5O6S2. The van der Waals surface area contributed by atoms with Crippen LogP contribution in [-0.4, -0.2) is 53.3 Å². The van der Waals surface area contributed by atoms with Crippen LogP contribution < -0.4 is 14.8 Å². The van der Waals surface area contributed by atoms with Gasteiger partial charge in [-0.3, -0.25) is 14.9 Å². The lowest BCUT2D eigenvalue weighted by atomic mass is 9.98. The van der Waals surface area contributed by atoms with Gasteiger partial charge in [-0.25, -0.2) is 17.9 Å². The number of carbonyl (C=O) groups is 3. The van der Waals surface area contributed by atoms with Gasteiger partial charge in [0.15, 0.2) is 0 Å². The van der Waals surface area contributed by atoms with Gasteiger partial charge in [0.2, 0.25) is 17.5 Å². The summed E-state index contributed by atoms with van der Waals surface area (Å²) in [5, 5.41) is 2.14. The van der Waals surface area contributed by atoms with Crippen LogP contribution in [0, 0.1) is 0 Å². The third kappa shape index (κ3) is 4.29. The number of ketones is 2. The number of rotatable bonds is 5. The summed E-state index contributed by atoms with van der Waals surface area (Å²) in [5.41, 5.74) is 0.158. The average molecular weight is 439 g/mol. The van der Waals surface area contributed by atoms with Crippen LogP contribution in [0.25, 0.3) is 0 Å². The van der Waals surface area contributed by atoms with Gasteiger partial charge in [-0.15, -0.1) is 11.8 Å². The predicted molar refractivity (Wildman–Crippen MR) is 104 cm³/mol. The molecule has 1 aliphatic carbocycles. The molecule has 2 aliphatic rings. The number of ether oxygens (including phenoxy) is 1. The molecule has 2 heterocycles. The Balaban J connectivity index is 1.83. The lowest BCUT2D eigenvalue weighted by Crippen LogP contribution is -2.37. The van der Waals surface area contributed by atoms with Gasteiger partial charge < -0.3 is 4.74 Å². The van der Waals surface area contributed by atoms with E-state index in [0.29, 0.717) is 12.2 Å². The Hall–Kier alpha value is -2.80. The molecule has 0 fully saturated rings. The summed E-state index contributed by atoms with van der Waals surface area (Å²) in [7, 11) is -3.09. The largest absolute Gasteiger partial charge is 0.467 e. The fourth-order valence-corrected chi connectivity index (χ4v) is 5.36. The zero-order valence-electron chi connectivity index (χ0n) is 15.7. The maximum absolute atomic E-state index is 12.7. The van der Waals surface area contributed by atoms with Crippen molar-refractivity contribution in [3.05, 3.63) is 27.3 Å². The molecule has 1 aromatic rings. The van der Waals surface area contributed by atoms with Crippen LogP contribution >= 0.6 is 11.8 Å². The van der Waals surface area contributed by atoms with Crippen molar-refractivity contribution in [2.24, 2.45) is 0 Å². The third-order valence-electron chi connectivity index (χ3n) is 3.97. The highest BCUT2D eigenvalue weighted by atomic mass is 32.2. The quantitative estimate of drug-likeness (QED) is 0.494. The van der Waals surface area contributed by atoms with Gasteiger partial charge >= 0.3 is 12.0 Å².